The number of unbranched alkanes of at least 4 members (excludes halogenated alkanes) is 33. The van der Waals surface area contributed by atoms with Crippen LogP contribution < -0.4 is 0 Å². The number of hydrogen-bond donors (Lipinski definition) is 1. The summed E-state index contributed by atoms with van der Waals surface area (Å²) in [5.74, 6) is -2.01. The molecule has 0 aromatic carbocycles. The first-order chi connectivity index (χ1) is 35.1. The third kappa shape index (κ3) is 55.0. The molecule has 0 aliphatic heterocycles. The van der Waals surface area contributed by atoms with Gasteiger partial charge in [0.15, 0.2) is 6.10 Å². The van der Waals surface area contributed by atoms with Crippen molar-refractivity contribution in [1.29, 1.82) is 0 Å². The maximum atomic E-state index is 12.9. The van der Waals surface area contributed by atoms with Gasteiger partial charge in [0.1, 0.15) is 13.2 Å². The van der Waals surface area contributed by atoms with Crippen molar-refractivity contribution >= 4 is 17.9 Å². The summed E-state index contributed by atoms with van der Waals surface area (Å²) >= 11 is 0. The lowest BCUT2D eigenvalue weighted by atomic mass is 10.0. The molecule has 2 unspecified atom stereocenters. The molecule has 2 atom stereocenters. The normalized spacial score (nSPS) is 13.1. The number of carbonyl (C=O) groups is 3. The molecule has 0 aromatic rings. The van der Waals surface area contributed by atoms with E-state index in [1.54, 1.807) is 0 Å². The Kier molecular flexibility index (Phi) is 52.4. The molecule has 0 spiro atoms. The van der Waals surface area contributed by atoms with Gasteiger partial charge in [-0.05, 0) is 70.6 Å². The first kappa shape index (κ1) is 69.2. The van der Waals surface area contributed by atoms with E-state index in [1.807, 2.05) is 21.1 Å². The van der Waals surface area contributed by atoms with Gasteiger partial charge in [0.05, 0.1) is 34.4 Å². The Labute approximate surface area is 444 Å². The minimum atomic E-state index is -1.51. The zero-order valence-corrected chi connectivity index (χ0v) is 47.8. The summed E-state index contributed by atoms with van der Waals surface area (Å²) in [5.41, 5.74) is 0. The van der Waals surface area contributed by atoms with Gasteiger partial charge in [0, 0.05) is 12.8 Å². The van der Waals surface area contributed by atoms with Crippen molar-refractivity contribution in [2.75, 3.05) is 47.5 Å². The van der Waals surface area contributed by atoms with E-state index in [9.17, 15) is 19.5 Å². The van der Waals surface area contributed by atoms with E-state index in [-0.39, 0.29) is 38.6 Å². The highest BCUT2D eigenvalue weighted by Gasteiger charge is 2.25. The van der Waals surface area contributed by atoms with E-state index in [0.29, 0.717) is 11.0 Å². The molecule has 0 rings (SSSR count). The van der Waals surface area contributed by atoms with Crippen molar-refractivity contribution in [3.8, 4) is 0 Å². The molecule has 0 radical (unpaired) electrons. The van der Waals surface area contributed by atoms with Crippen LogP contribution >= 0.6 is 0 Å². The van der Waals surface area contributed by atoms with Crippen molar-refractivity contribution in [3.05, 3.63) is 48.6 Å². The Balaban J connectivity index is 4.06. The van der Waals surface area contributed by atoms with Crippen LogP contribution in [0.15, 0.2) is 48.6 Å². The van der Waals surface area contributed by atoms with Crippen LogP contribution in [0.3, 0.4) is 0 Å². The summed E-state index contributed by atoms with van der Waals surface area (Å²) in [6, 6.07) is 0. The molecule has 0 amide bonds. The molecule has 1 N–H and O–H groups in total. The third-order valence-electron chi connectivity index (χ3n) is 13.3. The Hall–Kier alpha value is -2.75. The van der Waals surface area contributed by atoms with Gasteiger partial charge in [-0.2, -0.15) is 0 Å². The van der Waals surface area contributed by atoms with Crippen LogP contribution in [0.4, 0.5) is 0 Å². The highest BCUT2D eigenvalue weighted by atomic mass is 16.7. The predicted octanol–water partition coefficient (Wildman–Crippen LogP) is 17.9. The smallest absolute Gasteiger partial charge is 0.361 e. The second kappa shape index (κ2) is 54.5. The Morgan fingerprint density at radius 1 is 0.417 bits per heavy atom. The van der Waals surface area contributed by atoms with Gasteiger partial charge in [-0.1, -0.05) is 242 Å². The maximum absolute atomic E-state index is 12.9. The first-order valence-electron chi connectivity index (χ1n) is 30.3. The molecule has 0 saturated carbocycles. The summed E-state index contributed by atoms with van der Waals surface area (Å²) in [4.78, 5) is 37.4. The SMILES string of the molecule is CCCC/C=C\C/C=C\CCCCCCCC(=O)OCC(COC(OCC[N+](C)(C)C)C(=O)O)OC(=O)CCCCCCCCCCCCCCCCCCCCCCC/C=C\C/C=C\CCCCCCC. The third-order valence-corrected chi connectivity index (χ3v) is 13.3. The Bertz CT molecular complexity index is 1320. The molecular weight excluding hydrogens is 899 g/mol. The quantitative estimate of drug-likeness (QED) is 0.0211. The van der Waals surface area contributed by atoms with Crippen LogP contribution in [0.5, 0.6) is 0 Å². The van der Waals surface area contributed by atoms with Crippen molar-refractivity contribution < 1.29 is 42.9 Å². The number of hydrogen-bond acceptors (Lipinski definition) is 7. The van der Waals surface area contributed by atoms with Crippen LogP contribution in [0, 0.1) is 0 Å². The summed E-state index contributed by atoms with van der Waals surface area (Å²) in [6.07, 6.45) is 65.0. The van der Waals surface area contributed by atoms with Gasteiger partial charge in [-0.15, -0.1) is 0 Å². The maximum Gasteiger partial charge on any atom is 0.361 e. The molecule has 9 heteroatoms. The highest BCUT2D eigenvalue weighted by Crippen LogP contribution is 2.17. The van der Waals surface area contributed by atoms with Crippen LogP contribution in [0.25, 0.3) is 0 Å². The summed E-state index contributed by atoms with van der Waals surface area (Å²) in [5, 5.41) is 9.69. The number of carboxylic acids is 1. The molecule has 0 aliphatic carbocycles. The summed E-state index contributed by atoms with van der Waals surface area (Å²) in [6.45, 7) is 4.83. The van der Waals surface area contributed by atoms with Gasteiger partial charge in [-0.3, -0.25) is 9.59 Å². The lowest BCUT2D eigenvalue weighted by molar-refractivity contribution is -0.870. The number of rotatable bonds is 56. The van der Waals surface area contributed by atoms with E-state index in [1.165, 1.54) is 180 Å². The predicted molar refractivity (Wildman–Crippen MR) is 304 cm³/mol. The monoisotopic (exact) mass is 1010 g/mol. The number of ether oxygens (including phenoxy) is 4. The molecule has 0 fully saturated rings. The van der Waals surface area contributed by atoms with Crippen molar-refractivity contribution in [3.63, 3.8) is 0 Å². The van der Waals surface area contributed by atoms with Crippen molar-refractivity contribution in [1.82, 2.24) is 0 Å². The summed E-state index contributed by atoms with van der Waals surface area (Å²) in [7, 11) is 5.97. The zero-order valence-electron chi connectivity index (χ0n) is 47.8. The van der Waals surface area contributed by atoms with E-state index < -0.39 is 24.3 Å². The van der Waals surface area contributed by atoms with Gasteiger partial charge in [0.25, 0.3) is 6.29 Å². The highest BCUT2D eigenvalue weighted by molar-refractivity contribution is 5.71. The summed E-state index contributed by atoms with van der Waals surface area (Å²) < 4.78 is 22.9. The topological polar surface area (TPSA) is 108 Å². The van der Waals surface area contributed by atoms with Crippen molar-refractivity contribution in [2.45, 2.75) is 289 Å². The number of likely N-dealkylation sites (N-methyl/N-ethyl adjacent to an activating group) is 1. The number of nitrogens with zero attached hydrogens (tertiary/aromatic N) is 1. The molecule has 0 saturated heterocycles. The Morgan fingerprint density at radius 3 is 1.14 bits per heavy atom. The van der Waals surface area contributed by atoms with E-state index in [0.717, 1.165) is 70.6 Å². The number of quaternary nitrogens is 1. The zero-order chi connectivity index (χ0) is 52.7. The van der Waals surface area contributed by atoms with Gasteiger partial charge >= 0.3 is 17.9 Å². The fourth-order valence-corrected chi connectivity index (χ4v) is 8.59. The molecule has 420 valence electrons. The molecule has 9 nitrogen and oxygen atoms in total. The molecule has 0 heterocycles. The second-order valence-corrected chi connectivity index (χ2v) is 21.7. The number of carboxylic acid groups (broad SMARTS) is 1. The minimum absolute atomic E-state index is 0.186. The number of esters is 2. The van der Waals surface area contributed by atoms with Gasteiger partial charge in [-0.25, -0.2) is 4.79 Å². The van der Waals surface area contributed by atoms with Crippen LogP contribution in [-0.2, 0) is 33.3 Å². The minimum Gasteiger partial charge on any atom is -0.477 e. The average molecular weight is 1020 g/mol. The standard InChI is InChI=1S/C63H115NO8/c1-6-8-10-12-14-16-18-20-22-23-24-25-26-27-28-29-30-31-32-33-34-35-36-37-38-39-40-42-44-46-48-50-52-54-61(66)72-59(58-71-63(62(67)68)69-56-55-64(3,4)5)57-70-60(65)53-51-49-47-45-43-41-21-19-17-15-13-11-9-7-2/h13,15,18-21,23-24,59,63H,6-12,14,16-17,22,25-58H2,1-5H3/p+1/b15-13-,20-18-,21-19-,24-23-. The van der Waals surface area contributed by atoms with Gasteiger partial charge in [0.2, 0.25) is 0 Å². The first-order valence-corrected chi connectivity index (χ1v) is 30.3. The Morgan fingerprint density at radius 2 is 0.764 bits per heavy atom. The fourth-order valence-electron chi connectivity index (χ4n) is 8.59. The van der Waals surface area contributed by atoms with Crippen LogP contribution in [0.2, 0.25) is 0 Å². The molecule has 0 aromatic heterocycles. The van der Waals surface area contributed by atoms with E-state index in [4.69, 9.17) is 18.9 Å². The van der Waals surface area contributed by atoms with Crippen LogP contribution in [-0.4, -0.2) is 87.4 Å². The molecule has 0 bridgehead atoms. The van der Waals surface area contributed by atoms with Crippen LogP contribution in [0.1, 0.15) is 277 Å². The lowest BCUT2D eigenvalue weighted by Crippen LogP contribution is -2.40. The van der Waals surface area contributed by atoms with E-state index >= 15 is 0 Å². The molecular formula is C63H116NO8+. The molecule has 72 heavy (non-hydrogen) atoms. The second-order valence-electron chi connectivity index (χ2n) is 21.7. The van der Waals surface area contributed by atoms with Gasteiger partial charge < -0.3 is 28.5 Å². The number of aliphatic carboxylic acids is 1. The number of carbonyl (C=O) groups excluding carboxylic acids is 2. The lowest BCUT2D eigenvalue weighted by Gasteiger charge is -2.25. The fraction of sp³-hybridized carbons (Fsp3) is 0.825. The largest absolute Gasteiger partial charge is 0.477 e. The number of allylic oxidation sites excluding steroid dienone is 8. The van der Waals surface area contributed by atoms with E-state index in [2.05, 4.69) is 62.5 Å². The molecule has 0 aliphatic rings. The van der Waals surface area contributed by atoms with Crippen molar-refractivity contribution in [2.24, 2.45) is 0 Å². The average Bonchev–Trinajstić information content (AvgIpc) is 3.35.